The summed E-state index contributed by atoms with van der Waals surface area (Å²) in [4.78, 5) is 4.64. The molecule has 0 unspecified atom stereocenters. The molecule has 0 amide bonds. The van der Waals surface area contributed by atoms with Crippen LogP contribution in [0, 0.1) is 6.92 Å². The van der Waals surface area contributed by atoms with E-state index in [0.29, 0.717) is 17.0 Å². The minimum atomic E-state index is -3.42. The number of nitrogens with one attached hydrogen (secondary N) is 1. The number of anilines is 1. The standard InChI is InChI=1S/C16H18N4O3S/c1-10-5-13(11-8-17-20(2)9-11)18-14-7-15(19-24(4,21)22)16(23-3)6-12(10)14/h5-9,19H,1-4H3. The zero-order valence-electron chi connectivity index (χ0n) is 13.9. The fourth-order valence-corrected chi connectivity index (χ4v) is 3.13. The predicted octanol–water partition coefficient (Wildman–Crippen LogP) is 2.32. The number of sulfonamides is 1. The van der Waals surface area contributed by atoms with Crippen LogP contribution in [0.5, 0.6) is 5.75 Å². The van der Waals surface area contributed by atoms with Gasteiger partial charge in [-0.3, -0.25) is 9.40 Å². The van der Waals surface area contributed by atoms with Crippen LogP contribution >= 0.6 is 0 Å². The third kappa shape index (κ3) is 3.18. The molecule has 2 heterocycles. The Kier molecular flexibility index (Phi) is 3.92. The van der Waals surface area contributed by atoms with Crippen molar-refractivity contribution in [3.63, 3.8) is 0 Å². The summed E-state index contributed by atoms with van der Waals surface area (Å²) >= 11 is 0. The van der Waals surface area contributed by atoms with E-state index >= 15 is 0 Å². The normalized spacial score (nSPS) is 11.7. The molecular weight excluding hydrogens is 328 g/mol. The summed E-state index contributed by atoms with van der Waals surface area (Å²) in [7, 11) is -0.0736. The molecule has 1 aromatic carbocycles. The molecule has 0 saturated heterocycles. The Hall–Kier alpha value is -2.61. The highest BCUT2D eigenvalue weighted by Crippen LogP contribution is 2.33. The van der Waals surface area contributed by atoms with Crippen LogP contribution in [0.4, 0.5) is 5.69 Å². The van der Waals surface area contributed by atoms with E-state index in [-0.39, 0.29) is 0 Å². The van der Waals surface area contributed by atoms with Gasteiger partial charge in [0.2, 0.25) is 10.0 Å². The SMILES string of the molecule is COc1cc2c(C)cc(-c3cnn(C)c3)nc2cc1NS(C)(=O)=O. The van der Waals surface area contributed by atoms with Crippen LogP contribution < -0.4 is 9.46 Å². The van der Waals surface area contributed by atoms with Gasteiger partial charge in [-0.15, -0.1) is 0 Å². The lowest BCUT2D eigenvalue weighted by Gasteiger charge is -2.13. The molecule has 0 aliphatic heterocycles. The van der Waals surface area contributed by atoms with Gasteiger partial charge in [-0.1, -0.05) is 0 Å². The number of nitrogens with zero attached hydrogens (tertiary/aromatic N) is 3. The van der Waals surface area contributed by atoms with Crippen LogP contribution in [0.2, 0.25) is 0 Å². The van der Waals surface area contributed by atoms with Crippen LogP contribution in [-0.2, 0) is 17.1 Å². The number of benzene rings is 1. The second-order valence-electron chi connectivity index (χ2n) is 5.67. The van der Waals surface area contributed by atoms with Crippen molar-refractivity contribution in [3.8, 4) is 17.0 Å². The molecule has 8 heteroatoms. The molecule has 0 saturated carbocycles. The first-order valence-corrected chi connectivity index (χ1v) is 9.12. The van der Waals surface area contributed by atoms with Gasteiger partial charge < -0.3 is 4.74 Å². The molecule has 1 N–H and O–H groups in total. The Balaban J connectivity index is 2.21. The highest BCUT2D eigenvalue weighted by molar-refractivity contribution is 7.92. The van der Waals surface area contributed by atoms with E-state index in [1.807, 2.05) is 26.2 Å². The smallest absolute Gasteiger partial charge is 0.229 e. The zero-order chi connectivity index (χ0) is 17.5. The largest absolute Gasteiger partial charge is 0.495 e. The molecule has 0 atom stereocenters. The molecule has 0 spiro atoms. The Bertz CT molecular complexity index is 1030. The van der Waals surface area contributed by atoms with Gasteiger partial charge in [-0.05, 0) is 30.7 Å². The van der Waals surface area contributed by atoms with E-state index in [1.54, 1.807) is 23.0 Å². The lowest BCUT2D eigenvalue weighted by molar-refractivity contribution is 0.417. The molecule has 0 radical (unpaired) electrons. The molecule has 0 bridgehead atoms. The lowest BCUT2D eigenvalue weighted by Crippen LogP contribution is -2.10. The molecule has 0 aliphatic carbocycles. The summed E-state index contributed by atoms with van der Waals surface area (Å²) in [5, 5.41) is 5.06. The number of fused-ring (bicyclic) bond motifs is 1. The van der Waals surface area contributed by atoms with E-state index in [9.17, 15) is 8.42 Å². The number of aryl methyl sites for hydroxylation is 2. The topological polar surface area (TPSA) is 86.1 Å². The Labute approximate surface area is 140 Å². The molecule has 126 valence electrons. The third-order valence-corrected chi connectivity index (χ3v) is 4.22. The Morgan fingerprint density at radius 1 is 1.25 bits per heavy atom. The summed E-state index contributed by atoms with van der Waals surface area (Å²) in [5.74, 6) is 0.451. The fourth-order valence-electron chi connectivity index (χ4n) is 2.57. The highest BCUT2D eigenvalue weighted by atomic mass is 32.2. The maximum atomic E-state index is 11.6. The minimum absolute atomic E-state index is 0.364. The van der Waals surface area contributed by atoms with Gasteiger partial charge in [0.05, 0.1) is 36.5 Å². The van der Waals surface area contributed by atoms with Gasteiger partial charge in [0.15, 0.2) is 0 Å². The fraction of sp³-hybridized carbons (Fsp3) is 0.250. The first-order chi connectivity index (χ1) is 11.3. The van der Waals surface area contributed by atoms with E-state index < -0.39 is 10.0 Å². The third-order valence-electron chi connectivity index (χ3n) is 3.63. The molecule has 2 aromatic heterocycles. The van der Waals surface area contributed by atoms with Crippen LogP contribution in [0.25, 0.3) is 22.2 Å². The summed E-state index contributed by atoms with van der Waals surface area (Å²) < 4.78 is 32.6. The Morgan fingerprint density at radius 2 is 2.00 bits per heavy atom. The minimum Gasteiger partial charge on any atom is -0.495 e. The molecule has 7 nitrogen and oxygen atoms in total. The second-order valence-corrected chi connectivity index (χ2v) is 7.42. The van der Waals surface area contributed by atoms with Crippen LogP contribution in [0.3, 0.4) is 0 Å². The summed E-state index contributed by atoms with van der Waals surface area (Å²) in [6.07, 6.45) is 4.72. The van der Waals surface area contributed by atoms with E-state index in [2.05, 4.69) is 14.8 Å². The van der Waals surface area contributed by atoms with Crippen molar-refractivity contribution >= 4 is 26.6 Å². The Morgan fingerprint density at radius 3 is 2.58 bits per heavy atom. The first kappa shape index (κ1) is 16.3. The van der Waals surface area contributed by atoms with Crippen molar-refractivity contribution in [1.29, 1.82) is 0 Å². The number of rotatable bonds is 4. The number of aromatic nitrogens is 3. The average molecular weight is 346 g/mol. The summed E-state index contributed by atoms with van der Waals surface area (Å²) in [6.45, 7) is 1.98. The van der Waals surface area contributed by atoms with Gasteiger partial charge in [0, 0.05) is 24.2 Å². The van der Waals surface area contributed by atoms with Crippen molar-refractivity contribution in [1.82, 2.24) is 14.8 Å². The van der Waals surface area contributed by atoms with Crippen LogP contribution in [-0.4, -0.2) is 36.5 Å². The molecule has 0 aliphatic rings. The van der Waals surface area contributed by atoms with E-state index in [0.717, 1.165) is 28.5 Å². The number of ether oxygens (including phenoxy) is 1. The lowest BCUT2D eigenvalue weighted by atomic mass is 10.1. The molecular formula is C16H18N4O3S. The molecule has 24 heavy (non-hydrogen) atoms. The second kappa shape index (κ2) is 5.79. The van der Waals surface area contributed by atoms with Gasteiger partial charge in [-0.25, -0.2) is 13.4 Å². The van der Waals surface area contributed by atoms with Crippen molar-refractivity contribution in [2.75, 3.05) is 18.1 Å². The average Bonchev–Trinajstić information content (AvgIpc) is 2.91. The molecule has 3 aromatic rings. The van der Waals surface area contributed by atoms with Crippen LogP contribution in [0.15, 0.2) is 30.6 Å². The number of hydrogen-bond donors (Lipinski definition) is 1. The van der Waals surface area contributed by atoms with Crippen LogP contribution in [0.1, 0.15) is 5.56 Å². The monoisotopic (exact) mass is 346 g/mol. The molecule has 0 fully saturated rings. The quantitative estimate of drug-likeness (QED) is 0.783. The number of hydrogen-bond acceptors (Lipinski definition) is 5. The predicted molar refractivity (Wildman–Crippen MR) is 93.7 cm³/mol. The first-order valence-electron chi connectivity index (χ1n) is 7.23. The maximum Gasteiger partial charge on any atom is 0.229 e. The number of methoxy groups -OCH3 is 1. The molecule has 3 rings (SSSR count). The maximum absolute atomic E-state index is 11.6. The highest BCUT2D eigenvalue weighted by Gasteiger charge is 2.13. The van der Waals surface area contributed by atoms with Gasteiger partial charge in [-0.2, -0.15) is 5.10 Å². The zero-order valence-corrected chi connectivity index (χ0v) is 14.7. The van der Waals surface area contributed by atoms with Gasteiger partial charge in [0.1, 0.15) is 5.75 Å². The summed E-state index contributed by atoms with van der Waals surface area (Å²) in [6, 6.07) is 5.45. The van der Waals surface area contributed by atoms with Crippen molar-refractivity contribution < 1.29 is 13.2 Å². The number of pyridine rings is 1. The van der Waals surface area contributed by atoms with E-state index in [1.165, 1.54) is 7.11 Å². The van der Waals surface area contributed by atoms with Crippen molar-refractivity contribution in [2.24, 2.45) is 7.05 Å². The van der Waals surface area contributed by atoms with Crippen molar-refractivity contribution in [2.45, 2.75) is 6.92 Å². The van der Waals surface area contributed by atoms with Gasteiger partial charge in [0.25, 0.3) is 0 Å². The van der Waals surface area contributed by atoms with Gasteiger partial charge >= 0.3 is 0 Å². The van der Waals surface area contributed by atoms with E-state index in [4.69, 9.17) is 4.74 Å². The summed E-state index contributed by atoms with van der Waals surface area (Å²) in [5.41, 5.74) is 3.74. The van der Waals surface area contributed by atoms with Crippen molar-refractivity contribution in [3.05, 3.63) is 36.2 Å².